The van der Waals surface area contributed by atoms with Gasteiger partial charge in [0, 0.05) is 34.6 Å². The number of aryl methyl sites for hydroxylation is 1. The molecule has 3 aromatic rings. The van der Waals surface area contributed by atoms with Crippen molar-refractivity contribution in [2.24, 2.45) is 13.0 Å². The highest BCUT2D eigenvalue weighted by molar-refractivity contribution is 7.10. The molecule has 124 valence electrons. The van der Waals surface area contributed by atoms with Gasteiger partial charge in [0.2, 0.25) is 0 Å². The van der Waals surface area contributed by atoms with Gasteiger partial charge in [-0.3, -0.25) is 4.79 Å². The molecule has 0 unspecified atom stereocenters. The Morgan fingerprint density at radius 3 is 2.83 bits per heavy atom. The molecule has 1 aliphatic carbocycles. The number of benzene rings is 1. The Labute approximate surface area is 144 Å². The molecule has 0 saturated heterocycles. The summed E-state index contributed by atoms with van der Waals surface area (Å²) in [5.41, 5.74) is 1.75. The van der Waals surface area contributed by atoms with Crippen LogP contribution in [-0.2, 0) is 7.05 Å². The fraction of sp³-hybridized carbons (Fsp3) is 0.316. The number of nitrogens with zero attached hydrogens (tertiary/aromatic N) is 1. The number of carbonyl (C=O) groups excluding carboxylic acids is 1. The van der Waals surface area contributed by atoms with Crippen molar-refractivity contribution in [3.63, 3.8) is 0 Å². The smallest absolute Gasteiger partial charge is 0.252 e. The third-order valence-electron chi connectivity index (χ3n) is 4.93. The molecule has 0 spiro atoms. The second kappa shape index (κ2) is 6.07. The minimum atomic E-state index is -0.230. The van der Waals surface area contributed by atoms with E-state index in [4.69, 9.17) is 0 Å². The predicted octanol–water partition coefficient (Wildman–Crippen LogP) is 3.48. The highest BCUT2D eigenvalue weighted by Gasteiger charge is 2.36. The van der Waals surface area contributed by atoms with Gasteiger partial charge in [-0.15, -0.1) is 11.3 Å². The zero-order chi connectivity index (χ0) is 16.7. The molecule has 2 N–H and O–H groups in total. The third kappa shape index (κ3) is 2.64. The maximum absolute atomic E-state index is 12.9. The van der Waals surface area contributed by atoms with Crippen LogP contribution in [0.4, 0.5) is 0 Å². The maximum atomic E-state index is 12.9. The van der Waals surface area contributed by atoms with E-state index in [1.54, 1.807) is 11.3 Å². The lowest BCUT2D eigenvalue weighted by Crippen LogP contribution is -2.41. The number of fused-ring (bicyclic) bond motifs is 1. The van der Waals surface area contributed by atoms with Gasteiger partial charge in [0.05, 0.1) is 12.1 Å². The number of aliphatic hydroxyl groups is 1. The first kappa shape index (κ1) is 15.4. The van der Waals surface area contributed by atoms with Crippen molar-refractivity contribution in [1.82, 2.24) is 9.88 Å². The summed E-state index contributed by atoms with van der Waals surface area (Å²) >= 11 is 1.65. The quantitative estimate of drug-likeness (QED) is 0.764. The molecule has 1 saturated carbocycles. The monoisotopic (exact) mass is 340 g/mol. The zero-order valence-corrected chi connectivity index (χ0v) is 14.3. The molecule has 0 bridgehead atoms. The van der Waals surface area contributed by atoms with Crippen molar-refractivity contribution in [2.75, 3.05) is 0 Å². The summed E-state index contributed by atoms with van der Waals surface area (Å²) in [7, 11) is 1.98. The van der Waals surface area contributed by atoms with Crippen LogP contribution >= 0.6 is 11.3 Å². The van der Waals surface area contributed by atoms with E-state index in [-0.39, 0.29) is 18.1 Å². The third-order valence-corrected chi connectivity index (χ3v) is 5.89. The normalized spacial score (nSPS) is 21.4. The Morgan fingerprint density at radius 1 is 1.29 bits per heavy atom. The molecule has 2 heterocycles. The lowest BCUT2D eigenvalue weighted by atomic mass is 9.76. The molecule has 4 rings (SSSR count). The number of nitrogens with one attached hydrogen (secondary N) is 1. The molecule has 1 amide bonds. The topological polar surface area (TPSA) is 54.3 Å². The number of aromatic nitrogens is 1. The molecule has 1 aliphatic rings. The number of amides is 1. The molecule has 1 aromatic carbocycles. The second-order valence-electron chi connectivity index (χ2n) is 6.52. The molecular formula is C19H20N2O2S. The number of thiophene rings is 1. The number of carbonyl (C=O) groups is 1. The van der Waals surface area contributed by atoms with Crippen molar-refractivity contribution < 1.29 is 9.90 Å². The van der Waals surface area contributed by atoms with Gasteiger partial charge in [0.25, 0.3) is 5.91 Å². The standard InChI is InChI=1S/C19H20N2O2S/c1-21-8-7-14-15(4-2-5-16(14)21)19(23)20-18(12-10-13(22)11-12)17-6-3-9-24-17/h2-9,12-13,18,22H,10-11H2,1H3,(H,20,23)/t12?,13?,18-/m0/s1. The Morgan fingerprint density at radius 2 is 2.12 bits per heavy atom. The van der Waals surface area contributed by atoms with Crippen LogP contribution in [0.15, 0.2) is 48.0 Å². The van der Waals surface area contributed by atoms with Gasteiger partial charge in [-0.05, 0) is 48.4 Å². The van der Waals surface area contributed by atoms with E-state index < -0.39 is 0 Å². The zero-order valence-electron chi connectivity index (χ0n) is 13.5. The minimum Gasteiger partial charge on any atom is -0.393 e. The SMILES string of the molecule is Cn1ccc2c(C(=O)N[C@H](c3cccs3)C3CC(O)C3)cccc21. The summed E-state index contributed by atoms with van der Waals surface area (Å²) in [5, 5.41) is 15.9. The van der Waals surface area contributed by atoms with Gasteiger partial charge in [0.15, 0.2) is 0 Å². The van der Waals surface area contributed by atoms with Crippen molar-refractivity contribution >= 4 is 28.1 Å². The van der Waals surface area contributed by atoms with Gasteiger partial charge in [-0.25, -0.2) is 0 Å². The number of rotatable bonds is 4. The summed E-state index contributed by atoms with van der Waals surface area (Å²) in [6, 6.07) is 11.8. The average molecular weight is 340 g/mol. The molecule has 1 atom stereocenters. The number of hydrogen-bond acceptors (Lipinski definition) is 3. The number of hydrogen-bond donors (Lipinski definition) is 2. The van der Waals surface area contributed by atoms with Gasteiger partial charge in [-0.2, -0.15) is 0 Å². The molecule has 24 heavy (non-hydrogen) atoms. The highest BCUT2D eigenvalue weighted by atomic mass is 32.1. The molecule has 5 heteroatoms. The summed E-state index contributed by atoms with van der Waals surface area (Å²) in [6.45, 7) is 0. The van der Waals surface area contributed by atoms with E-state index in [0.29, 0.717) is 11.5 Å². The first-order chi connectivity index (χ1) is 11.6. The van der Waals surface area contributed by atoms with Gasteiger partial charge < -0.3 is 15.0 Å². The summed E-state index contributed by atoms with van der Waals surface area (Å²) in [6.07, 6.45) is 3.24. The van der Waals surface area contributed by atoms with Crippen LogP contribution < -0.4 is 5.32 Å². The second-order valence-corrected chi connectivity index (χ2v) is 7.50. The molecule has 0 aliphatic heterocycles. The average Bonchev–Trinajstić information content (AvgIpc) is 3.20. The van der Waals surface area contributed by atoms with Gasteiger partial charge in [-0.1, -0.05) is 12.1 Å². The van der Waals surface area contributed by atoms with Crippen LogP contribution in [0.2, 0.25) is 0 Å². The summed E-state index contributed by atoms with van der Waals surface area (Å²) < 4.78 is 2.02. The fourth-order valence-electron chi connectivity index (χ4n) is 3.51. The summed E-state index contributed by atoms with van der Waals surface area (Å²) in [4.78, 5) is 14.1. The Hall–Kier alpha value is -2.11. The molecule has 1 fully saturated rings. The Kier molecular flexibility index (Phi) is 3.90. The van der Waals surface area contributed by atoms with E-state index in [1.807, 2.05) is 53.5 Å². The van der Waals surface area contributed by atoms with E-state index in [0.717, 1.165) is 28.6 Å². The largest absolute Gasteiger partial charge is 0.393 e. The van der Waals surface area contributed by atoms with Crippen LogP contribution in [0.5, 0.6) is 0 Å². The van der Waals surface area contributed by atoms with Crippen LogP contribution in [-0.4, -0.2) is 21.7 Å². The number of aliphatic hydroxyl groups excluding tert-OH is 1. The molecule has 2 aromatic heterocycles. The first-order valence-corrected chi connectivity index (χ1v) is 9.08. The van der Waals surface area contributed by atoms with E-state index in [1.165, 1.54) is 0 Å². The molecule has 4 nitrogen and oxygen atoms in total. The molecular weight excluding hydrogens is 320 g/mol. The van der Waals surface area contributed by atoms with Crippen molar-refractivity contribution in [3.8, 4) is 0 Å². The highest BCUT2D eigenvalue weighted by Crippen LogP contribution is 2.39. The van der Waals surface area contributed by atoms with E-state index in [9.17, 15) is 9.90 Å². The minimum absolute atomic E-state index is 0.0279. The lowest BCUT2D eigenvalue weighted by Gasteiger charge is -2.37. The van der Waals surface area contributed by atoms with E-state index in [2.05, 4.69) is 11.4 Å². The Balaban J connectivity index is 1.63. The maximum Gasteiger partial charge on any atom is 0.252 e. The predicted molar refractivity (Wildman–Crippen MR) is 96.2 cm³/mol. The van der Waals surface area contributed by atoms with Crippen LogP contribution in [0, 0.1) is 5.92 Å². The summed E-state index contributed by atoms with van der Waals surface area (Å²) in [5.74, 6) is 0.254. The van der Waals surface area contributed by atoms with Crippen LogP contribution in [0.25, 0.3) is 10.9 Å². The molecule has 0 radical (unpaired) electrons. The van der Waals surface area contributed by atoms with Gasteiger partial charge in [0.1, 0.15) is 0 Å². The van der Waals surface area contributed by atoms with Crippen molar-refractivity contribution in [3.05, 3.63) is 58.4 Å². The fourth-order valence-corrected chi connectivity index (χ4v) is 4.38. The van der Waals surface area contributed by atoms with E-state index >= 15 is 0 Å². The van der Waals surface area contributed by atoms with Crippen LogP contribution in [0.3, 0.4) is 0 Å². The Bertz CT molecular complexity index is 863. The first-order valence-electron chi connectivity index (χ1n) is 8.20. The lowest BCUT2D eigenvalue weighted by molar-refractivity contribution is 0.0241. The van der Waals surface area contributed by atoms with Crippen molar-refractivity contribution in [1.29, 1.82) is 0 Å². The van der Waals surface area contributed by atoms with Crippen molar-refractivity contribution in [2.45, 2.75) is 25.0 Å². The van der Waals surface area contributed by atoms with Gasteiger partial charge >= 0.3 is 0 Å². The van der Waals surface area contributed by atoms with Crippen LogP contribution in [0.1, 0.15) is 34.1 Å².